The van der Waals surface area contributed by atoms with E-state index in [0.29, 0.717) is 0 Å². The van der Waals surface area contributed by atoms with E-state index in [4.69, 9.17) is 9.63 Å². The average molecular weight is 492 g/mol. The minimum atomic E-state index is -2.62. The Labute approximate surface area is 173 Å². The van der Waals surface area contributed by atoms with Crippen LogP contribution >= 0.6 is 0 Å². The Kier molecular flexibility index (Phi) is 13.7. The average Bonchev–Trinajstić information content (AvgIpc) is 2.64. The summed E-state index contributed by atoms with van der Waals surface area (Å²) >= 11 is -2.62. The van der Waals surface area contributed by atoms with Crippen molar-refractivity contribution in [1.29, 1.82) is 0 Å². The molecule has 4 nitrogen and oxygen atoms in total. The van der Waals surface area contributed by atoms with Gasteiger partial charge in [-0.05, 0) is 0 Å². The maximum atomic E-state index is 11.9. The van der Waals surface area contributed by atoms with Crippen molar-refractivity contribution in [2.45, 2.75) is 115 Å². The fourth-order valence-corrected chi connectivity index (χ4v) is 23.1. The predicted molar refractivity (Wildman–Crippen MR) is 119 cm³/mol. The van der Waals surface area contributed by atoms with Crippen LogP contribution in [-0.2, 0) is 9.63 Å². The molecule has 1 aliphatic heterocycles. The third-order valence-electron chi connectivity index (χ3n) is 5.97. The molecule has 0 aromatic carbocycles. The summed E-state index contributed by atoms with van der Waals surface area (Å²) in [5, 5.41) is 14.0. The van der Waals surface area contributed by atoms with Crippen LogP contribution in [0.3, 0.4) is 0 Å². The number of aliphatic hydroxyl groups is 1. The second-order valence-electron chi connectivity index (χ2n) is 9.26. The molecule has 27 heavy (non-hydrogen) atoms. The van der Waals surface area contributed by atoms with Crippen molar-refractivity contribution in [3.63, 3.8) is 0 Å². The van der Waals surface area contributed by atoms with Gasteiger partial charge in [-0.1, -0.05) is 0 Å². The van der Waals surface area contributed by atoms with Crippen LogP contribution in [0, 0.1) is 0 Å². The monoisotopic (exact) mass is 493 g/mol. The molecule has 0 atom stereocenters. The number of piperidine rings is 1. The molecule has 5 heteroatoms. The number of nitrogens with zero attached hydrogens (tertiary/aromatic N) is 1. The van der Waals surface area contributed by atoms with Gasteiger partial charge in [0.05, 0.1) is 0 Å². The molecule has 1 heterocycles. The second-order valence-corrected chi connectivity index (χ2v) is 23.5. The summed E-state index contributed by atoms with van der Waals surface area (Å²) in [4.78, 5) is 14.1. The van der Waals surface area contributed by atoms with Crippen molar-refractivity contribution < 1.29 is 14.7 Å². The summed E-state index contributed by atoms with van der Waals surface area (Å²) in [6.07, 6.45) is 9.67. The second kappa shape index (κ2) is 13.5. The zero-order chi connectivity index (χ0) is 21.0. The van der Waals surface area contributed by atoms with Gasteiger partial charge in [-0.15, -0.1) is 0 Å². The fraction of sp³-hybridized carbons (Fsp3) is 0.955. The minimum absolute atomic E-state index is 0.136. The number of carbonyl (C=O) groups is 1. The molecule has 0 spiro atoms. The molecule has 1 rings (SSSR count). The van der Waals surface area contributed by atoms with Gasteiger partial charge in [0.15, 0.2) is 0 Å². The van der Waals surface area contributed by atoms with Crippen LogP contribution in [0.2, 0.25) is 13.3 Å². The Morgan fingerprint density at radius 3 is 1.59 bits per heavy atom. The van der Waals surface area contributed by atoms with E-state index in [0.717, 1.165) is 25.9 Å². The summed E-state index contributed by atoms with van der Waals surface area (Å²) in [7, 11) is 0. The standard InChI is InChI=1S/C9H18NO2.3C4H9.CH2O.Sn/c1-9(2,3)12-10-6-4-8(11)5-7-10;3*1-3-4-2;1-2;/h11H,4-7H2,1-3H3;3*1,3-4H2,2H3;1H2;. The van der Waals surface area contributed by atoms with Crippen molar-refractivity contribution in [2.24, 2.45) is 0 Å². The number of hydroxylamine groups is 2. The van der Waals surface area contributed by atoms with E-state index in [-0.39, 0.29) is 9.22 Å². The molecular formula is C22H47NO3Sn. The van der Waals surface area contributed by atoms with Gasteiger partial charge in [-0.2, -0.15) is 0 Å². The molecule has 0 aromatic rings. The molecule has 1 fully saturated rings. The van der Waals surface area contributed by atoms with E-state index in [1.165, 1.54) is 51.8 Å². The van der Waals surface area contributed by atoms with Gasteiger partial charge in [-0.25, -0.2) is 0 Å². The van der Waals surface area contributed by atoms with Crippen LogP contribution in [0.1, 0.15) is 92.9 Å². The van der Waals surface area contributed by atoms with E-state index in [1.807, 2.05) is 6.79 Å². The van der Waals surface area contributed by atoms with Gasteiger partial charge >= 0.3 is 162 Å². The van der Waals surface area contributed by atoms with Gasteiger partial charge < -0.3 is 4.79 Å². The Morgan fingerprint density at radius 1 is 0.926 bits per heavy atom. The van der Waals surface area contributed by atoms with Gasteiger partial charge in [0.1, 0.15) is 6.79 Å². The number of hydrogen-bond donors (Lipinski definition) is 1. The van der Waals surface area contributed by atoms with Gasteiger partial charge in [0.25, 0.3) is 0 Å². The van der Waals surface area contributed by atoms with Gasteiger partial charge in [-0.3, -0.25) is 0 Å². The van der Waals surface area contributed by atoms with Crippen molar-refractivity contribution in [3.05, 3.63) is 0 Å². The zero-order valence-corrected chi connectivity index (χ0v) is 22.0. The first-order valence-corrected chi connectivity index (χ1v) is 18.7. The Hall–Kier alpha value is 0.349. The zero-order valence-electron chi connectivity index (χ0n) is 19.1. The van der Waals surface area contributed by atoms with Crippen molar-refractivity contribution in [2.75, 3.05) is 13.1 Å². The number of hydrogen-bond acceptors (Lipinski definition) is 4. The van der Waals surface area contributed by atoms with Gasteiger partial charge in [0, 0.05) is 0 Å². The van der Waals surface area contributed by atoms with E-state index < -0.39 is 18.4 Å². The molecule has 162 valence electrons. The van der Waals surface area contributed by atoms with E-state index in [9.17, 15) is 5.11 Å². The molecule has 0 radical (unpaired) electrons. The quantitative estimate of drug-likeness (QED) is 0.374. The number of rotatable bonds is 11. The summed E-state index contributed by atoms with van der Waals surface area (Å²) in [5.41, 5.74) is -0.136. The molecular weight excluding hydrogens is 445 g/mol. The maximum absolute atomic E-state index is 11.9. The fourth-order valence-electron chi connectivity index (χ4n) is 4.48. The SMILES string of the molecule is C=O.CCC[CH2][Sn]([CH2]CCC)([CH2]CCC)[C]1(O)CCN(OC(C)(C)C)CC1. The van der Waals surface area contributed by atoms with Crippen LogP contribution in [0.4, 0.5) is 0 Å². The first-order chi connectivity index (χ1) is 12.7. The molecule has 0 aliphatic carbocycles. The van der Waals surface area contributed by atoms with Crippen LogP contribution in [0.25, 0.3) is 0 Å². The topological polar surface area (TPSA) is 49.8 Å². The van der Waals surface area contributed by atoms with Crippen LogP contribution in [0.5, 0.6) is 0 Å². The van der Waals surface area contributed by atoms with Crippen LogP contribution in [0.15, 0.2) is 0 Å². The van der Waals surface area contributed by atoms with Crippen LogP contribution in [-0.4, -0.2) is 57.6 Å². The normalized spacial score (nSPS) is 18.0. The first-order valence-electron chi connectivity index (χ1n) is 11.2. The van der Waals surface area contributed by atoms with E-state index in [2.05, 4.69) is 46.6 Å². The summed E-state index contributed by atoms with van der Waals surface area (Å²) in [5.74, 6) is 0. The van der Waals surface area contributed by atoms with Crippen molar-refractivity contribution in [3.8, 4) is 0 Å². The molecule has 0 amide bonds. The summed E-state index contributed by atoms with van der Waals surface area (Å²) < 4.78 is 3.86. The third kappa shape index (κ3) is 9.14. The first kappa shape index (κ1) is 27.3. The Bertz CT molecular complexity index is 354. The van der Waals surface area contributed by atoms with Crippen molar-refractivity contribution >= 4 is 25.2 Å². The molecule has 1 aliphatic rings. The number of unbranched alkanes of at least 4 members (excludes halogenated alkanes) is 3. The van der Waals surface area contributed by atoms with E-state index >= 15 is 0 Å². The third-order valence-corrected chi connectivity index (χ3v) is 24.3. The molecule has 1 N–H and O–H groups in total. The summed E-state index contributed by atoms with van der Waals surface area (Å²) in [6, 6.07) is 0. The molecule has 0 aromatic heterocycles. The van der Waals surface area contributed by atoms with Crippen molar-refractivity contribution in [1.82, 2.24) is 5.06 Å². The predicted octanol–water partition coefficient (Wildman–Crippen LogP) is 5.75. The summed E-state index contributed by atoms with van der Waals surface area (Å²) in [6.45, 7) is 17.1. The molecule has 0 saturated carbocycles. The molecule has 1 saturated heterocycles. The number of carbonyl (C=O) groups excluding carboxylic acids is 1. The van der Waals surface area contributed by atoms with Crippen LogP contribution < -0.4 is 0 Å². The molecule has 0 unspecified atom stereocenters. The molecule has 0 bridgehead atoms. The van der Waals surface area contributed by atoms with E-state index in [1.54, 1.807) is 0 Å². The van der Waals surface area contributed by atoms with Gasteiger partial charge in [0.2, 0.25) is 0 Å². The Balaban J connectivity index is 0.00000326. The Morgan fingerprint density at radius 2 is 1.30 bits per heavy atom.